The Morgan fingerprint density at radius 1 is 1.53 bits per heavy atom. The van der Waals surface area contributed by atoms with Gasteiger partial charge in [0, 0.05) is 25.7 Å². The van der Waals surface area contributed by atoms with Crippen molar-refractivity contribution in [2.45, 2.75) is 18.9 Å². The number of aliphatic hydroxyl groups excluding tert-OH is 1. The number of rotatable bonds is 5. The molecule has 104 valence electrons. The number of hydrogen-bond donors (Lipinski definition) is 1. The van der Waals surface area contributed by atoms with Crippen molar-refractivity contribution < 1.29 is 14.8 Å². The molecule has 1 N–H and O–H groups in total. The first kappa shape index (κ1) is 13.6. The zero-order chi connectivity index (χ0) is 14.0. The highest BCUT2D eigenvalue weighted by Crippen LogP contribution is 2.34. The predicted molar refractivity (Wildman–Crippen MR) is 71.6 cm³/mol. The maximum atomic E-state index is 11.0. The van der Waals surface area contributed by atoms with Gasteiger partial charge in [0.15, 0.2) is 0 Å². The summed E-state index contributed by atoms with van der Waals surface area (Å²) in [5.74, 6) is 0.992. The Morgan fingerprint density at radius 2 is 2.21 bits per heavy atom. The van der Waals surface area contributed by atoms with Crippen LogP contribution < -0.4 is 9.64 Å². The Morgan fingerprint density at radius 3 is 2.74 bits per heavy atom. The van der Waals surface area contributed by atoms with E-state index in [4.69, 9.17) is 4.74 Å². The van der Waals surface area contributed by atoms with Gasteiger partial charge in [-0.1, -0.05) is 0 Å². The number of nitrogens with zero attached hydrogens (tertiary/aromatic N) is 2. The van der Waals surface area contributed by atoms with Gasteiger partial charge in [-0.2, -0.15) is 0 Å². The second kappa shape index (κ2) is 5.44. The minimum Gasteiger partial charge on any atom is -0.497 e. The van der Waals surface area contributed by atoms with Crippen LogP contribution >= 0.6 is 0 Å². The van der Waals surface area contributed by atoms with Gasteiger partial charge in [-0.25, -0.2) is 0 Å². The Kier molecular flexibility index (Phi) is 3.90. The third-order valence-electron chi connectivity index (χ3n) is 3.53. The first-order valence-corrected chi connectivity index (χ1v) is 6.23. The smallest absolute Gasteiger partial charge is 0.292 e. The Balaban J connectivity index is 2.17. The van der Waals surface area contributed by atoms with Gasteiger partial charge in [-0.05, 0) is 24.8 Å². The minimum atomic E-state index is -0.388. The van der Waals surface area contributed by atoms with E-state index < -0.39 is 0 Å². The summed E-state index contributed by atoms with van der Waals surface area (Å²) in [6.45, 7) is 0.699. The highest BCUT2D eigenvalue weighted by atomic mass is 16.6. The largest absolute Gasteiger partial charge is 0.497 e. The average Bonchev–Trinajstić information content (AvgIpc) is 2.35. The summed E-state index contributed by atoms with van der Waals surface area (Å²) in [7, 11) is 3.36. The van der Waals surface area contributed by atoms with Crippen molar-refractivity contribution in [2.24, 2.45) is 5.92 Å². The molecule has 2 rings (SSSR count). The maximum absolute atomic E-state index is 11.0. The quantitative estimate of drug-likeness (QED) is 0.649. The number of aliphatic hydroxyl groups is 1. The van der Waals surface area contributed by atoms with E-state index in [0.717, 1.165) is 12.8 Å². The van der Waals surface area contributed by atoms with Gasteiger partial charge in [0.2, 0.25) is 0 Å². The molecule has 0 amide bonds. The third-order valence-corrected chi connectivity index (χ3v) is 3.53. The third kappa shape index (κ3) is 2.96. The molecule has 0 aliphatic heterocycles. The molecular formula is C13H18N2O4. The minimum absolute atomic E-state index is 0.0724. The summed E-state index contributed by atoms with van der Waals surface area (Å²) in [6.07, 6.45) is 1.32. The summed E-state index contributed by atoms with van der Waals surface area (Å²) in [5.41, 5.74) is 0.619. The van der Waals surface area contributed by atoms with Crippen LogP contribution in [0.5, 0.6) is 5.75 Å². The molecule has 1 aliphatic rings. The fourth-order valence-electron chi connectivity index (χ4n) is 2.43. The molecule has 1 aliphatic carbocycles. The van der Waals surface area contributed by atoms with Gasteiger partial charge in [0.25, 0.3) is 5.69 Å². The van der Waals surface area contributed by atoms with Crippen LogP contribution in [-0.2, 0) is 0 Å². The summed E-state index contributed by atoms with van der Waals surface area (Å²) in [4.78, 5) is 12.5. The number of ether oxygens (including phenoxy) is 1. The van der Waals surface area contributed by atoms with Crippen LogP contribution in [0, 0.1) is 16.0 Å². The standard InChI is InChI=1S/C13H18N2O4/c1-14(8-9-5-10(16)6-9)13-7-11(19-2)3-4-12(13)15(17)18/h3-4,7,9-10,16H,5-6,8H2,1-2H3. The van der Waals surface area contributed by atoms with Crippen LogP contribution in [0.2, 0.25) is 0 Å². The highest BCUT2D eigenvalue weighted by molar-refractivity contribution is 5.65. The fraction of sp³-hybridized carbons (Fsp3) is 0.538. The lowest BCUT2D eigenvalue weighted by Gasteiger charge is -2.35. The van der Waals surface area contributed by atoms with Crippen LogP contribution in [-0.4, -0.2) is 36.8 Å². The number of methoxy groups -OCH3 is 1. The molecular weight excluding hydrogens is 248 g/mol. The summed E-state index contributed by atoms with van der Waals surface area (Å²) < 4.78 is 5.11. The average molecular weight is 266 g/mol. The molecule has 0 spiro atoms. The van der Waals surface area contributed by atoms with Gasteiger partial charge >= 0.3 is 0 Å². The van der Waals surface area contributed by atoms with E-state index in [1.165, 1.54) is 13.2 Å². The Labute approximate surface area is 111 Å². The van der Waals surface area contributed by atoms with Crippen molar-refractivity contribution >= 4 is 11.4 Å². The van der Waals surface area contributed by atoms with E-state index in [-0.39, 0.29) is 16.7 Å². The first-order chi connectivity index (χ1) is 9.01. The molecule has 0 aromatic heterocycles. The van der Waals surface area contributed by atoms with Gasteiger partial charge in [0.1, 0.15) is 11.4 Å². The maximum Gasteiger partial charge on any atom is 0.292 e. The molecule has 0 heterocycles. The Hall–Kier alpha value is -1.82. The molecule has 1 aromatic carbocycles. The molecule has 19 heavy (non-hydrogen) atoms. The predicted octanol–water partition coefficient (Wildman–Crippen LogP) is 1.81. The number of nitro groups is 1. The zero-order valence-corrected chi connectivity index (χ0v) is 11.1. The van der Waals surface area contributed by atoms with E-state index in [9.17, 15) is 15.2 Å². The number of benzene rings is 1. The highest BCUT2D eigenvalue weighted by Gasteiger charge is 2.29. The van der Waals surface area contributed by atoms with Crippen molar-refractivity contribution in [3.63, 3.8) is 0 Å². The van der Waals surface area contributed by atoms with E-state index in [1.54, 1.807) is 12.1 Å². The van der Waals surface area contributed by atoms with E-state index in [0.29, 0.717) is 23.9 Å². The number of hydrogen-bond acceptors (Lipinski definition) is 5. The molecule has 6 nitrogen and oxygen atoms in total. The van der Waals surface area contributed by atoms with Crippen LogP contribution in [0.1, 0.15) is 12.8 Å². The molecule has 1 saturated carbocycles. The molecule has 1 fully saturated rings. The monoisotopic (exact) mass is 266 g/mol. The van der Waals surface area contributed by atoms with Crippen LogP contribution in [0.25, 0.3) is 0 Å². The lowest BCUT2D eigenvalue weighted by molar-refractivity contribution is -0.384. The van der Waals surface area contributed by atoms with E-state index >= 15 is 0 Å². The molecule has 0 bridgehead atoms. The van der Waals surface area contributed by atoms with E-state index in [2.05, 4.69) is 0 Å². The van der Waals surface area contributed by atoms with Crippen molar-refractivity contribution in [1.29, 1.82) is 0 Å². The van der Waals surface area contributed by atoms with Crippen molar-refractivity contribution in [2.75, 3.05) is 25.6 Å². The fourth-order valence-corrected chi connectivity index (χ4v) is 2.43. The first-order valence-electron chi connectivity index (χ1n) is 6.23. The summed E-state index contributed by atoms with van der Waals surface area (Å²) >= 11 is 0. The van der Waals surface area contributed by atoms with Gasteiger partial charge in [-0.15, -0.1) is 0 Å². The van der Waals surface area contributed by atoms with Crippen molar-refractivity contribution in [1.82, 2.24) is 0 Å². The Bertz CT molecular complexity index is 472. The zero-order valence-electron chi connectivity index (χ0n) is 11.1. The SMILES string of the molecule is COc1ccc([N+](=O)[O-])c(N(C)CC2CC(O)C2)c1. The van der Waals surface area contributed by atoms with Crippen molar-refractivity contribution in [3.05, 3.63) is 28.3 Å². The number of anilines is 1. The van der Waals surface area contributed by atoms with Crippen LogP contribution in [0.3, 0.4) is 0 Å². The normalized spacial score (nSPS) is 21.6. The molecule has 1 aromatic rings. The molecule has 0 atom stereocenters. The second-order valence-electron chi connectivity index (χ2n) is 4.98. The number of nitro benzene ring substituents is 1. The van der Waals surface area contributed by atoms with Crippen LogP contribution in [0.4, 0.5) is 11.4 Å². The summed E-state index contributed by atoms with van der Waals surface area (Å²) in [6, 6.07) is 4.72. The topological polar surface area (TPSA) is 75.8 Å². The summed E-state index contributed by atoms with van der Waals surface area (Å²) in [5, 5.41) is 20.3. The van der Waals surface area contributed by atoms with Gasteiger partial charge in [0.05, 0.1) is 18.1 Å². The van der Waals surface area contributed by atoms with Crippen molar-refractivity contribution in [3.8, 4) is 5.75 Å². The van der Waals surface area contributed by atoms with E-state index in [1.807, 2.05) is 11.9 Å². The second-order valence-corrected chi connectivity index (χ2v) is 4.98. The molecule has 0 saturated heterocycles. The van der Waals surface area contributed by atoms with Gasteiger partial charge < -0.3 is 14.7 Å². The molecule has 0 radical (unpaired) electrons. The van der Waals surface area contributed by atoms with Crippen LogP contribution in [0.15, 0.2) is 18.2 Å². The molecule has 0 unspecified atom stereocenters. The lowest BCUT2D eigenvalue weighted by atomic mass is 9.82. The molecule has 6 heteroatoms. The van der Waals surface area contributed by atoms with Gasteiger partial charge in [-0.3, -0.25) is 10.1 Å². The lowest BCUT2D eigenvalue weighted by Crippen LogP contribution is -2.37.